The average Bonchev–Trinajstić information content (AvgIpc) is 2.68. The summed E-state index contributed by atoms with van der Waals surface area (Å²) in [5.74, 6) is 2.10. The van der Waals surface area contributed by atoms with Gasteiger partial charge in [-0.25, -0.2) is 4.98 Å². The zero-order valence-electron chi connectivity index (χ0n) is 15.5. The van der Waals surface area contributed by atoms with E-state index in [1.807, 2.05) is 25.1 Å². The molecule has 0 amide bonds. The Labute approximate surface area is 152 Å². The molecule has 0 aromatic carbocycles. The number of ether oxygens (including phenoxy) is 2. The first-order valence-corrected chi connectivity index (χ1v) is 8.45. The zero-order chi connectivity index (χ0) is 18.5. The van der Waals surface area contributed by atoms with Gasteiger partial charge in [-0.3, -0.25) is 0 Å². The van der Waals surface area contributed by atoms with Crippen LogP contribution in [0.1, 0.15) is 12.8 Å². The van der Waals surface area contributed by atoms with Gasteiger partial charge in [0.1, 0.15) is 5.82 Å². The summed E-state index contributed by atoms with van der Waals surface area (Å²) < 4.78 is 10.2. The largest absolute Gasteiger partial charge is 0.467 e. The van der Waals surface area contributed by atoms with Crippen LogP contribution in [-0.2, 0) is 0 Å². The van der Waals surface area contributed by atoms with Crippen molar-refractivity contribution in [2.45, 2.75) is 18.9 Å². The summed E-state index contributed by atoms with van der Waals surface area (Å²) >= 11 is 0. The summed E-state index contributed by atoms with van der Waals surface area (Å²) in [6.45, 7) is 1.64. The molecule has 26 heavy (non-hydrogen) atoms. The molecule has 1 aliphatic heterocycles. The maximum atomic E-state index is 5.12. The van der Waals surface area contributed by atoms with Crippen molar-refractivity contribution in [3.05, 3.63) is 12.3 Å². The Morgan fingerprint density at radius 3 is 2.27 bits per heavy atom. The number of nitrogens with zero attached hydrogens (tertiary/aromatic N) is 7. The van der Waals surface area contributed by atoms with Crippen LogP contribution < -0.4 is 24.6 Å². The fourth-order valence-corrected chi connectivity index (χ4v) is 2.73. The third-order valence-corrected chi connectivity index (χ3v) is 4.12. The number of aromatic nitrogens is 5. The second-order valence-electron chi connectivity index (χ2n) is 6.15. The zero-order valence-corrected chi connectivity index (χ0v) is 15.5. The maximum Gasteiger partial charge on any atom is 0.324 e. The summed E-state index contributed by atoms with van der Waals surface area (Å²) in [6.07, 6.45) is 3.65. The molecule has 10 heteroatoms. The predicted octanol–water partition coefficient (Wildman–Crippen LogP) is 0.826. The van der Waals surface area contributed by atoms with Crippen molar-refractivity contribution in [2.24, 2.45) is 0 Å². The van der Waals surface area contributed by atoms with Gasteiger partial charge in [-0.1, -0.05) is 0 Å². The highest BCUT2D eigenvalue weighted by Gasteiger charge is 2.23. The lowest BCUT2D eigenvalue weighted by Gasteiger charge is -2.32. The van der Waals surface area contributed by atoms with Gasteiger partial charge in [-0.05, 0) is 18.9 Å². The molecule has 0 radical (unpaired) electrons. The van der Waals surface area contributed by atoms with Gasteiger partial charge >= 0.3 is 12.0 Å². The molecule has 0 aliphatic carbocycles. The van der Waals surface area contributed by atoms with Crippen LogP contribution in [0.4, 0.5) is 17.7 Å². The van der Waals surface area contributed by atoms with Crippen LogP contribution in [0.2, 0.25) is 0 Å². The minimum absolute atomic E-state index is 0.254. The molecule has 1 fully saturated rings. The van der Waals surface area contributed by atoms with Crippen LogP contribution in [0.3, 0.4) is 0 Å². The normalized spacial score (nSPS) is 14.8. The Morgan fingerprint density at radius 2 is 1.69 bits per heavy atom. The second kappa shape index (κ2) is 7.98. The molecule has 0 unspecified atom stereocenters. The van der Waals surface area contributed by atoms with Crippen LogP contribution >= 0.6 is 0 Å². The van der Waals surface area contributed by atoms with Gasteiger partial charge in [0, 0.05) is 39.4 Å². The predicted molar refractivity (Wildman–Crippen MR) is 98.1 cm³/mol. The maximum absolute atomic E-state index is 5.12. The summed E-state index contributed by atoms with van der Waals surface area (Å²) in [6, 6.07) is 2.73. The standard InChI is InChI=1S/C16H24N8O2/c1-23(2)13-17-8-5-12(19-13)18-11-6-9-24(10-7-11)14-20-15(25-3)22-16(21-14)26-4/h5,8,11H,6-7,9-10H2,1-4H3,(H,17,18,19). The monoisotopic (exact) mass is 360 g/mol. The number of hydrogen-bond acceptors (Lipinski definition) is 10. The summed E-state index contributed by atoms with van der Waals surface area (Å²) in [5, 5.41) is 3.49. The molecule has 3 rings (SSSR count). The van der Waals surface area contributed by atoms with E-state index in [-0.39, 0.29) is 12.0 Å². The SMILES string of the molecule is COc1nc(OC)nc(N2CCC(Nc3ccnc(N(C)C)n3)CC2)n1. The molecule has 1 aliphatic rings. The highest BCUT2D eigenvalue weighted by Crippen LogP contribution is 2.22. The van der Waals surface area contributed by atoms with Gasteiger partial charge in [-0.2, -0.15) is 15.0 Å². The molecular formula is C16H24N8O2. The molecule has 2 aromatic rings. The highest BCUT2D eigenvalue weighted by molar-refractivity contribution is 5.42. The van der Waals surface area contributed by atoms with Crippen molar-refractivity contribution in [3.8, 4) is 12.0 Å². The number of anilines is 3. The molecule has 1 saturated heterocycles. The Morgan fingerprint density at radius 1 is 1.04 bits per heavy atom. The number of methoxy groups -OCH3 is 2. The summed E-state index contributed by atoms with van der Waals surface area (Å²) in [5.41, 5.74) is 0. The lowest BCUT2D eigenvalue weighted by Crippen LogP contribution is -2.40. The molecule has 2 aromatic heterocycles. The Hall–Kier alpha value is -2.91. The van der Waals surface area contributed by atoms with Crippen LogP contribution in [0.5, 0.6) is 12.0 Å². The summed E-state index contributed by atoms with van der Waals surface area (Å²) in [4.78, 5) is 25.4. The van der Waals surface area contributed by atoms with E-state index in [1.165, 1.54) is 14.2 Å². The third kappa shape index (κ3) is 4.19. The highest BCUT2D eigenvalue weighted by atomic mass is 16.5. The van der Waals surface area contributed by atoms with E-state index in [0.717, 1.165) is 31.7 Å². The van der Waals surface area contributed by atoms with E-state index in [1.54, 1.807) is 6.20 Å². The smallest absolute Gasteiger partial charge is 0.324 e. The Kier molecular flexibility index (Phi) is 5.49. The lowest BCUT2D eigenvalue weighted by atomic mass is 10.1. The third-order valence-electron chi connectivity index (χ3n) is 4.12. The molecule has 1 N–H and O–H groups in total. The number of nitrogens with one attached hydrogen (secondary N) is 1. The minimum atomic E-state index is 0.254. The van der Waals surface area contributed by atoms with E-state index in [0.29, 0.717) is 17.9 Å². The quantitative estimate of drug-likeness (QED) is 0.797. The molecule has 0 atom stereocenters. The van der Waals surface area contributed by atoms with Crippen molar-refractivity contribution in [1.82, 2.24) is 24.9 Å². The molecular weight excluding hydrogens is 336 g/mol. The molecule has 140 valence electrons. The van der Waals surface area contributed by atoms with Gasteiger partial charge in [0.2, 0.25) is 11.9 Å². The number of rotatable bonds is 6. The van der Waals surface area contributed by atoms with Crippen LogP contribution in [-0.4, -0.2) is 72.4 Å². The number of hydrogen-bond donors (Lipinski definition) is 1. The van der Waals surface area contributed by atoms with Gasteiger partial charge in [-0.15, -0.1) is 4.98 Å². The van der Waals surface area contributed by atoms with Crippen LogP contribution in [0.25, 0.3) is 0 Å². The van der Waals surface area contributed by atoms with Gasteiger partial charge < -0.3 is 24.6 Å². The first-order chi connectivity index (χ1) is 12.6. The van der Waals surface area contributed by atoms with E-state index in [2.05, 4.69) is 35.1 Å². The molecule has 0 spiro atoms. The first-order valence-electron chi connectivity index (χ1n) is 8.45. The second-order valence-corrected chi connectivity index (χ2v) is 6.15. The van der Waals surface area contributed by atoms with E-state index < -0.39 is 0 Å². The van der Waals surface area contributed by atoms with Crippen molar-refractivity contribution in [2.75, 3.05) is 56.5 Å². The Balaban J connectivity index is 1.62. The molecule has 10 nitrogen and oxygen atoms in total. The van der Waals surface area contributed by atoms with E-state index in [4.69, 9.17) is 9.47 Å². The molecule has 0 bridgehead atoms. The van der Waals surface area contributed by atoms with Crippen molar-refractivity contribution in [3.63, 3.8) is 0 Å². The fourth-order valence-electron chi connectivity index (χ4n) is 2.73. The van der Waals surface area contributed by atoms with Crippen molar-refractivity contribution < 1.29 is 9.47 Å². The topological polar surface area (TPSA) is 101 Å². The Bertz CT molecular complexity index is 712. The fraction of sp³-hybridized carbons (Fsp3) is 0.562. The van der Waals surface area contributed by atoms with Crippen LogP contribution in [0, 0.1) is 0 Å². The lowest BCUT2D eigenvalue weighted by molar-refractivity contribution is 0.339. The number of piperidine rings is 1. The van der Waals surface area contributed by atoms with Crippen molar-refractivity contribution in [1.29, 1.82) is 0 Å². The average molecular weight is 360 g/mol. The first kappa shape index (κ1) is 17.9. The van der Waals surface area contributed by atoms with Gasteiger partial charge in [0.25, 0.3) is 0 Å². The van der Waals surface area contributed by atoms with Gasteiger partial charge in [0.05, 0.1) is 14.2 Å². The minimum Gasteiger partial charge on any atom is -0.467 e. The molecule has 3 heterocycles. The molecule has 0 saturated carbocycles. The van der Waals surface area contributed by atoms with E-state index >= 15 is 0 Å². The van der Waals surface area contributed by atoms with Crippen LogP contribution in [0.15, 0.2) is 12.3 Å². The van der Waals surface area contributed by atoms with Crippen molar-refractivity contribution >= 4 is 17.7 Å². The summed E-state index contributed by atoms with van der Waals surface area (Å²) in [7, 11) is 6.90. The van der Waals surface area contributed by atoms with Gasteiger partial charge in [0.15, 0.2) is 0 Å². The van der Waals surface area contributed by atoms with E-state index in [9.17, 15) is 0 Å².